The molecule has 2 amide bonds. The predicted molar refractivity (Wildman–Crippen MR) is 104 cm³/mol. The summed E-state index contributed by atoms with van der Waals surface area (Å²) in [5.74, 6) is 0.187. The average molecular weight is 368 g/mol. The van der Waals surface area contributed by atoms with Crippen LogP contribution in [0.25, 0.3) is 0 Å². The van der Waals surface area contributed by atoms with Crippen LogP contribution >= 0.6 is 0 Å². The fourth-order valence-corrected chi connectivity index (χ4v) is 3.61. The van der Waals surface area contributed by atoms with E-state index in [9.17, 15) is 9.59 Å². The summed E-state index contributed by atoms with van der Waals surface area (Å²) in [6.45, 7) is 6.87. The molecule has 0 saturated carbocycles. The molecule has 1 aliphatic rings. The van der Waals surface area contributed by atoms with E-state index in [2.05, 4.69) is 10.4 Å². The summed E-state index contributed by atoms with van der Waals surface area (Å²) in [7, 11) is 1.86. The van der Waals surface area contributed by atoms with Gasteiger partial charge in [-0.1, -0.05) is 38.1 Å². The van der Waals surface area contributed by atoms with Gasteiger partial charge in [-0.05, 0) is 30.0 Å². The molecule has 0 saturated heterocycles. The van der Waals surface area contributed by atoms with Gasteiger partial charge in [-0.2, -0.15) is 5.10 Å². The molecule has 1 aromatic carbocycles. The molecule has 6 nitrogen and oxygen atoms in total. The van der Waals surface area contributed by atoms with Crippen molar-refractivity contribution in [3.63, 3.8) is 0 Å². The SMILES string of the molecule is Cc1cc(CNC(=O)C2Cc3ccccc3CN2C(=O)CC(C)C)n(C)n1. The molecule has 2 aromatic rings. The van der Waals surface area contributed by atoms with Crippen molar-refractivity contribution in [2.45, 2.75) is 52.7 Å². The van der Waals surface area contributed by atoms with Crippen LogP contribution in [-0.4, -0.2) is 32.5 Å². The van der Waals surface area contributed by atoms with E-state index in [1.807, 2.05) is 58.2 Å². The van der Waals surface area contributed by atoms with Crippen molar-refractivity contribution >= 4 is 11.8 Å². The van der Waals surface area contributed by atoms with E-state index < -0.39 is 6.04 Å². The Labute approximate surface area is 160 Å². The Morgan fingerprint density at radius 2 is 1.96 bits per heavy atom. The van der Waals surface area contributed by atoms with E-state index in [1.165, 1.54) is 0 Å². The molecule has 1 atom stereocenters. The zero-order chi connectivity index (χ0) is 19.6. The van der Waals surface area contributed by atoms with Crippen molar-refractivity contribution in [1.82, 2.24) is 20.0 Å². The Morgan fingerprint density at radius 1 is 1.26 bits per heavy atom. The lowest BCUT2D eigenvalue weighted by molar-refractivity contribution is -0.142. The fourth-order valence-electron chi connectivity index (χ4n) is 3.61. The molecule has 1 aromatic heterocycles. The number of carbonyl (C=O) groups is 2. The van der Waals surface area contributed by atoms with Crippen molar-refractivity contribution in [3.8, 4) is 0 Å². The van der Waals surface area contributed by atoms with Gasteiger partial charge in [0.1, 0.15) is 6.04 Å². The summed E-state index contributed by atoms with van der Waals surface area (Å²) >= 11 is 0. The number of benzene rings is 1. The molecule has 6 heteroatoms. The molecule has 144 valence electrons. The van der Waals surface area contributed by atoms with E-state index in [4.69, 9.17) is 0 Å². The molecule has 1 N–H and O–H groups in total. The van der Waals surface area contributed by atoms with Crippen molar-refractivity contribution < 1.29 is 9.59 Å². The van der Waals surface area contributed by atoms with Crippen LogP contribution in [0.15, 0.2) is 30.3 Å². The third-order valence-corrected chi connectivity index (χ3v) is 5.00. The molecule has 0 spiro atoms. The van der Waals surface area contributed by atoms with Gasteiger partial charge in [0.15, 0.2) is 0 Å². The number of aromatic nitrogens is 2. The summed E-state index contributed by atoms with van der Waals surface area (Å²) in [6.07, 6.45) is 1.00. The Balaban J connectivity index is 1.77. The van der Waals surface area contributed by atoms with Gasteiger partial charge in [-0.15, -0.1) is 0 Å². The lowest BCUT2D eigenvalue weighted by Gasteiger charge is -2.36. The van der Waals surface area contributed by atoms with Crippen LogP contribution in [0.4, 0.5) is 0 Å². The quantitative estimate of drug-likeness (QED) is 0.881. The minimum absolute atomic E-state index is 0.0380. The summed E-state index contributed by atoms with van der Waals surface area (Å²) in [5.41, 5.74) is 4.13. The smallest absolute Gasteiger partial charge is 0.243 e. The second-order valence-electron chi connectivity index (χ2n) is 7.73. The molecule has 3 rings (SSSR count). The highest BCUT2D eigenvalue weighted by molar-refractivity contribution is 5.88. The van der Waals surface area contributed by atoms with Crippen LogP contribution < -0.4 is 5.32 Å². The van der Waals surface area contributed by atoms with Crippen molar-refractivity contribution in [3.05, 3.63) is 52.8 Å². The summed E-state index contributed by atoms with van der Waals surface area (Å²) in [6, 6.07) is 9.54. The Hall–Kier alpha value is -2.63. The van der Waals surface area contributed by atoms with Crippen molar-refractivity contribution in [2.75, 3.05) is 0 Å². The van der Waals surface area contributed by atoms with Crippen LogP contribution in [0.2, 0.25) is 0 Å². The maximum Gasteiger partial charge on any atom is 0.243 e. The molecule has 1 aliphatic heterocycles. The maximum absolute atomic E-state index is 13.0. The lowest BCUT2D eigenvalue weighted by atomic mass is 9.92. The van der Waals surface area contributed by atoms with Crippen LogP contribution in [0.5, 0.6) is 0 Å². The molecule has 1 unspecified atom stereocenters. The van der Waals surface area contributed by atoms with Gasteiger partial charge in [0.2, 0.25) is 11.8 Å². The lowest BCUT2D eigenvalue weighted by Crippen LogP contribution is -2.52. The van der Waals surface area contributed by atoms with Gasteiger partial charge < -0.3 is 10.2 Å². The first-order valence-corrected chi connectivity index (χ1v) is 9.48. The largest absolute Gasteiger partial charge is 0.349 e. The number of nitrogens with zero attached hydrogens (tertiary/aromatic N) is 3. The third kappa shape index (κ3) is 4.38. The minimum atomic E-state index is -0.472. The monoisotopic (exact) mass is 368 g/mol. The Morgan fingerprint density at radius 3 is 2.59 bits per heavy atom. The first-order chi connectivity index (χ1) is 12.8. The van der Waals surface area contributed by atoms with Gasteiger partial charge in [0.05, 0.1) is 17.9 Å². The highest BCUT2D eigenvalue weighted by Crippen LogP contribution is 2.25. The number of hydrogen-bond donors (Lipinski definition) is 1. The highest BCUT2D eigenvalue weighted by atomic mass is 16.2. The molecule has 27 heavy (non-hydrogen) atoms. The highest BCUT2D eigenvalue weighted by Gasteiger charge is 2.34. The number of hydrogen-bond acceptors (Lipinski definition) is 3. The van der Waals surface area contributed by atoms with E-state index in [0.717, 1.165) is 22.5 Å². The van der Waals surface area contributed by atoms with Crippen molar-refractivity contribution in [2.24, 2.45) is 13.0 Å². The predicted octanol–water partition coefficient (Wildman–Crippen LogP) is 2.34. The molecule has 2 heterocycles. The molecular weight excluding hydrogens is 340 g/mol. The zero-order valence-corrected chi connectivity index (χ0v) is 16.5. The summed E-state index contributed by atoms with van der Waals surface area (Å²) < 4.78 is 1.77. The molecule has 0 radical (unpaired) electrons. The van der Waals surface area contributed by atoms with Crippen molar-refractivity contribution in [1.29, 1.82) is 0 Å². The zero-order valence-electron chi connectivity index (χ0n) is 16.5. The van der Waals surface area contributed by atoms with E-state index in [1.54, 1.807) is 9.58 Å². The molecule has 0 aliphatic carbocycles. The number of fused-ring (bicyclic) bond motifs is 1. The van der Waals surface area contributed by atoms with Gasteiger partial charge in [0.25, 0.3) is 0 Å². The minimum Gasteiger partial charge on any atom is -0.349 e. The standard InChI is InChI=1S/C21H28N4O2/c1-14(2)9-20(26)25-13-17-8-6-5-7-16(17)11-19(25)21(27)22-12-18-10-15(3)23-24(18)4/h5-8,10,14,19H,9,11-13H2,1-4H3,(H,22,27). The first kappa shape index (κ1) is 19.1. The van der Waals surface area contributed by atoms with Gasteiger partial charge in [-0.25, -0.2) is 0 Å². The maximum atomic E-state index is 13.0. The molecular formula is C21H28N4O2. The molecule has 0 fully saturated rings. The fraction of sp³-hybridized carbons (Fsp3) is 0.476. The van der Waals surface area contributed by atoms with Gasteiger partial charge >= 0.3 is 0 Å². The van der Waals surface area contributed by atoms with Gasteiger partial charge in [0, 0.05) is 26.4 Å². The van der Waals surface area contributed by atoms with E-state index in [-0.39, 0.29) is 17.7 Å². The topological polar surface area (TPSA) is 67.2 Å². The summed E-state index contributed by atoms with van der Waals surface area (Å²) in [5, 5.41) is 7.31. The summed E-state index contributed by atoms with van der Waals surface area (Å²) in [4.78, 5) is 27.5. The number of nitrogens with one attached hydrogen (secondary N) is 1. The number of rotatable bonds is 5. The second kappa shape index (κ2) is 7.94. The number of aryl methyl sites for hydroxylation is 2. The van der Waals surface area contributed by atoms with Crippen LogP contribution in [0.3, 0.4) is 0 Å². The van der Waals surface area contributed by atoms with Crippen LogP contribution in [0, 0.1) is 12.8 Å². The first-order valence-electron chi connectivity index (χ1n) is 9.48. The van der Waals surface area contributed by atoms with Crippen LogP contribution in [-0.2, 0) is 36.1 Å². The van der Waals surface area contributed by atoms with E-state index in [0.29, 0.717) is 25.9 Å². The Bertz CT molecular complexity index is 840. The third-order valence-electron chi connectivity index (χ3n) is 5.00. The molecule has 0 bridgehead atoms. The van der Waals surface area contributed by atoms with Crippen LogP contribution in [0.1, 0.15) is 42.8 Å². The normalized spacial score (nSPS) is 16.3. The number of carbonyl (C=O) groups excluding carboxylic acids is 2. The number of amides is 2. The average Bonchev–Trinajstić information content (AvgIpc) is 2.95. The van der Waals surface area contributed by atoms with Gasteiger partial charge in [-0.3, -0.25) is 14.3 Å². The van der Waals surface area contributed by atoms with E-state index >= 15 is 0 Å². The Kier molecular flexibility index (Phi) is 5.63. The second-order valence-corrected chi connectivity index (χ2v) is 7.73.